The molecular formula is C25H29NO3. The van der Waals surface area contributed by atoms with Crippen LogP contribution in [0.4, 0.5) is 0 Å². The summed E-state index contributed by atoms with van der Waals surface area (Å²) in [5, 5.41) is 0. The summed E-state index contributed by atoms with van der Waals surface area (Å²) in [5.74, 6) is 0.431. The Bertz CT molecular complexity index is 881. The number of nitrogens with zero attached hydrogens (tertiary/aromatic N) is 1. The van der Waals surface area contributed by atoms with Crippen molar-refractivity contribution in [1.29, 1.82) is 0 Å². The molecule has 4 nitrogen and oxygen atoms in total. The van der Waals surface area contributed by atoms with Gasteiger partial charge in [0.05, 0.1) is 16.7 Å². The van der Waals surface area contributed by atoms with Crippen molar-refractivity contribution in [2.24, 2.45) is 5.92 Å². The first-order valence-electron chi connectivity index (χ1n) is 10.5. The average molecular weight is 392 g/mol. The van der Waals surface area contributed by atoms with Crippen LogP contribution >= 0.6 is 0 Å². The smallest absolute Gasteiger partial charge is 0.261 e. The number of aryl methyl sites for hydroxylation is 1. The van der Waals surface area contributed by atoms with Crippen molar-refractivity contribution in [1.82, 2.24) is 4.90 Å². The molecule has 0 spiro atoms. The molecule has 2 aliphatic rings. The number of hydrogen-bond donors (Lipinski definition) is 0. The molecule has 4 heteroatoms. The molecule has 2 aliphatic heterocycles. The minimum atomic E-state index is -0.166. The number of ether oxygens (including phenoxy) is 1. The Morgan fingerprint density at radius 1 is 1.03 bits per heavy atom. The number of carbonyl (C=O) groups is 2. The molecule has 0 bridgehead atoms. The fraction of sp³-hybridized carbons (Fsp3) is 0.440. The Hall–Kier alpha value is -2.46. The summed E-state index contributed by atoms with van der Waals surface area (Å²) in [4.78, 5) is 27.0. The van der Waals surface area contributed by atoms with E-state index < -0.39 is 0 Å². The summed E-state index contributed by atoms with van der Waals surface area (Å²) in [6, 6.07) is 15.8. The minimum absolute atomic E-state index is 0.138. The third kappa shape index (κ3) is 3.99. The zero-order chi connectivity index (χ0) is 20.6. The number of carbonyl (C=O) groups excluding carboxylic acids is 2. The first-order chi connectivity index (χ1) is 13.9. The van der Waals surface area contributed by atoms with Gasteiger partial charge in [-0.05, 0) is 69.6 Å². The van der Waals surface area contributed by atoms with Crippen molar-refractivity contribution in [2.75, 3.05) is 13.2 Å². The van der Waals surface area contributed by atoms with Crippen molar-refractivity contribution >= 4 is 11.8 Å². The van der Waals surface area contributed by atoms with E-state index in [4.69, 9.17) is 4.74 Å². The number of imide groups is 1. The molecule has 152 valence electrons. The van der Waals surface area contributed by atoms with E-state index in [1.807, 2.05) is 12.1 Å². The van der Waals surface area contributed by atoms with Gasteiger partial charge < -0.3 is 4.74 Å². The van der Waals surface area contributed by atoms with Crippen LogP contribution in [0, 0.1) is 12.8 Å². The highest BCUT2D eigenvalue weighted by Crippen LogP contribution is 2.40. The van der Waals surface area contributed by atoms with Gasteiger partial charge in [0, 0.05) is 13.2 Å². The van der Waals surface area contributed by atoms with Crippen LogP contribution in [0.15, 0.2) is 48.5 Å². The molecule has 2 amide bonds. The molecule has 29 heavy (non-hydrogen) atoms. The number of rotatable bonds is 5. The largest absolute Gasteiger partial charge is 0.376 e. The second-order valence-electron chi connectivity index (χ2n) is 8.97. The standard InChI is InChI=1S/C25H29NO3/c1-17-8-10-18(11-9-17)20(19-13-15-29-25(2,3)16-19)12-14-26-23(27)21-6-4-5-7-22(21)24(26)28/h4-11,19-20H,12-16H2,1-3H3/t19-,20+/m0/s1. The molecular weight excluding hydrogens is 362 g/mol. The van der Waals surface area contributed by atoms with Gasteiger partial charge in [-0.3, -0.25) is 14.5 Å². The van der Waals surface area contributed by atoms with E-state index in [0.717, 1.165) is 25.9 Å². The highest BCUT2D eigenvalue weighted by Gasteiger charge is 2.38. The van der Waals surface area contributed by atoms with Crippen LogP contribution in [0.25, 0.3) is 0 Å². The summed E-state index contributed by atoms with van der Waals surface area (Å²) in [7, 11) is 0. The van der Waals surface area contributed by atoms with Crippen LogP contribution in [-0.2, 0) is 4.74 Å². The fourth-order valence-corrected chi connectivity index (χ4v) is 4.82. The van der Waals surface area contributed by atoms with E-state index in [1.165, 1.54) is 16.0 Å². The van der Waals surface area contributed by atoms with Crippen molar-refractivity contribution in [2.45, 2.75) is 51.6 Å². The first-order valence-corrected chi connectivity index (χ1v) is 10.5. The fourth-order valence-electron chi connectivity index (χ4n) is 4.82. The topological polar surface area (TPSA) is 46.6 Å². The maximum Gasteiger partial charge on any atom is 0.261 e. The molecule has 2 aromatic carbocycles. The molecule has 2 atom stereocenters. The molecule has 2 heterocycles. The lowest BCUT2D eigenvalue weighted by atomic mass is 9.75. The molecule has 0 aliphatic carbocycles. The summed E-state index contributed by atoms with van der Waals surface area (Å²) >= 11 is 0. The quantitative estimate of drug-likeness (QED) is 0.676. The van der Waals surface area contributed by atoms with Gasteiger partial charge in [0.25, 0.3) is 11.8 Å². The highest BCUT2D eigenvalue weighted by molar-refractivity contribution is 6.21. The summed E-state index contributed by atoms with van der Waals surface area (Å²) in [6.07, 6.45) is 2.76. The highest BCUT2D eigenvalue weighted by atomic mass is 16.5. The predicted molar refractivity (Wildman–Crippen MR) is 113 cm³/mol. The summed E-state index contributed by atoms with van der Waals surface area (Å²) in [6.45, 7) is 7.59. The normalized spacial score (nSPS) is 21.9. The second kappa shape index (κ2) is 7.75. The van der Waals surface area contributed by atoms with Gasteiger partial charge in [-0.1, -0.05) is 42.0 Å². The first kappa shape index (κ1) is 19.8. The molecule has 4 rings (SSSR count). The van der Waals surface area contributed by atoms with Gasteiger partial charge in [0.2, 0.25) is 0 Å². The average Bonchev–Trinajstić information content (AvgIpc) is 2.94. The molecule has 2 aromatic rings. The van der Waals surface area contributed by atoms with Crippen LogP contribution in [0.1, 0.15) is 70.9 Å². The summed E-state index contributed by atoms with van der Waals surface area (Å²) in [5.41, 5.74) is 3.43. The number of hydrogen-bond acceptors (Lipinski definition) is 3. The maximum atomic E-state index is 12.8. The molecule has 0 aromatic heterocycles. The van der Waals surface area contributed by atoms with Crippen molar-refractivity contribution in [3.05, 3.63) is 70.8 Å². The van der Waals surface area contributed by atoms with Crippen LogP contribution < -0.4 is 0 Å². The van der Waals surface area contributed by atoms with E-state index in [-0.39, 0.29) is 17.4 Å². The summed E-state index contributed by atoms with van der Waals surface area (Å²) < 4.78 is 5.94. The lowest BCUT2D eigenvalue weighted by Crippen LogP contribution is -2.38. The van der Waals surface area contributed by atoms with Crippen LogP contribution in [-0.4, -0.2) is 35.5 Å². The third-order valence-corrected chi connectivity index (χ3v) is 6.35. The van der Waals surface area contributed by atoms with E-state index in [2.05, 4.69) is 45.0 Å². The van der Waals surface area contributed by atoms with Crippen molar-refractivity contribution in [3.63, 3.8) is 0 Å². The van der Waals surface area contributed by atoms with E-state index in [9.17, 15) is 9.59 Å². The second-order valence-corrected chi connectivity index (χ2v) is 8.97. The Labute approximate surface area is 172 Å². The number of fused-ring (bicyclic) bond motifs is 1. The Morgan fingerprint density at radius 2 is 1.66 bits per heavy atom. The molecule has 1 saturated heterocycles. The Morgan fingerprint density at radius 3 is 2.24 bits per heavy atom. The van der Waals surface area contributed by atoms with Crippen molar-refractivity contribution in [3.8, 4) is 0 Å². The number of amides is 2. The van der Waals surface area contributed by atoms with Gasteiger partial charge in [-0.25, -0.2) is 0 Å². The van der Waals surface area contributed by atoms with Gasteiger partial charge in [-0.15, -0.1) is 0 Å². The van der Waals surface area contributed by atoms with E-state index >= 15 is 0 Å². The van der Waals surface area contributed by atoms with Crippen molar-refractivity contribution < 1.29 is 14.3 Å². The molecule has 0 unspecified atom stereocenters. The SMILES string of the molecule is Cc1ccc([C@@H](CCN2C(=O)c3ccccc3C2=O)[C@H]2CCOC(C)(C)C2)cc1. The molecule has 0 radical (unpaired) electrons. The number of benzene rings is 2. The molecule has 1 fully saturated rings. The zero-order valence-corrected chi connectivity index (χ0v) is 17.5. The minimum Gasteiger partial charge on any atom is -0.376 e. The van der Waals surface area contributed by atoms with Gasteiger partial charge >= 0.3 is 0 Å². The van der Waals surface area contributed by atoms with Gasteiger partial charge in [0.15, 0.2) is 0 Å². The van der Waals surface area contributed by atoms with Crippen LogP contribution in [0.5, 0.6) is 0 Å². The van der Waals surface area contributed by atoms with Crippen LogP contribution in [0.3, 0.4) is 0 Å². The monoisotopic (exact) mass is 391 g/mol. The lowest BCUT2D eigenvalue weighted by molar-refractivity contribution is -0.0774. The third-order valence-electron chi connectivity index (χ3n) is 6.35. The Balaban J connectivity index is 1.55. The predicted octanol–water partition coefficient (Wildman–Crippen LogP) is 4.97. The van der Waals surface area contributed by atoms with E-state index in [0.29, 0.717) is 29.5 Å². The zero-order valence-electron chi connectivity index (χ0n) is 17.5. The lowest BCUT2D eigenvalue weighted by Gasteiger charge is -2.40. The maximum absolute atomic E-state index is 12.8. The molecule has 0 N–H and O–H groups in total. The van der Waals surface area contributed by atoms with Crippen LogP contribution in [0.2, 0.25) is 0 Å². The molecule has 0 saturated carbocycles. The van der Waals surface area contributed by atoms with E-state index in [1.54, 1.807) is 12.1 Å². The Kier molecular flexibility index (Phi) is 5.30. The van der Waals surface area contributed by atoms with Gasteiger partial charge in [0.1, 0.15) is 0 Å². The van der Waals surface area contributed by atoms with Gasteiger partial charge in [-0.2, -0.15) is 0 Å².